The van der Waals surface area contributed by atoms with Crippen LogP contribution in [0.15, 0.2) is 22.7 Å². The lowest BCUT2D eigenvalue weighted by Crippen LogP contribution is -2.38. The Bertz CT molecular complexity index is 721. The smallest absolute Gasteiger partial charge is 0.290 e. The zero-order valence-corrected chi connectivity index (χ0v) is 14.4. The fourth-order valence-electron chi connectivity index (χ4n) is 3.23. The molecule has 0 aromatic carbocycles. The van der Waals surface area contributed by atoms with Crippen LogP contribution < -0.4 is 5.73 Å². The van der Waals surface area contributed by atoms with Gasteiger partial charge in [-0.05, 0) is 25.5 Å². The molecule has 2 aromatic heterocycles. The van der Waals surface area contributed by atoms with Crippen LogP contribution in [0.2, 0.25) is 0 Å². The van der Waals surface area contributed by atoms with Gasteiger partial charge in [-0.1, -0.05) is 6.92 Å². The van der Waals surface area contributed by atoms with E-state index in [4.69, 9.17) is 14.9 Å². The van der Waals surface area contributed by atoms with E-state index in [2.05, 4.69) is 5.10 Å². The van der Waals surface area contributed by atoms with Crippen molar-refractivity contribution in [1.82, 2.24) is 14.7 Å². The molecule has 0 radical (unpaired) electrons. The van der Waals surface area contributed by atoms with E-state index in [0.717, 1.165) is 24.2 Å². The molecule has 1 saturated heterocycles. The van der Waals surface area contributed by atoms with Crippen molar-refractivity contribution in [2.75, 3.05) is 19.4 Å². The predicted molar refractivity (Wildman–Crippen MR) is 89.7 cm³/mol. The second-order valence-corrected chi connectivity index (χ2v) is 6.25. The summed E-state index contributed by atoms with van der Waals surface area (Å²) in [6.45, 7) is 5.05. The highest BCUT2D eigenvalue weighted by molar-refractivity contribution is 5.93. The summed E-state index contributed by atoms with van der Waals surface area (Å²) in [6.07, 6.45) is 3.38. The third-order valence-corrected chi connectivity index (χ3v) is 4.54. The average Bonchev–Trinajstić information content (AvgIpc) is 3.26. The van der Waals surface area contributed by atoms with Crippen molar-refractivity contribution in [3.63, 3.8) is 0 Å². The van der Waals surface area contributed by atoms with Crippen molar-refractivity contribution in [3.8, 4) is 0 Å². The number of furan rings is 1. The quantitative estimate of drug-likeness (QED) is 0.903. The van der Waals surface area contributed by atoms with Crippen LogP contribution in [-0.2, 0) is 17.7 Å². The van der Waals surface area contributed by atoms with Crippen molar-refractivity contribution < 1.29 is 13.9 Å². The molecule has 0 spiro atoms. The number of hydrogen-bond acceptors (Lipinski definition) is 5. The third kappa shape index (κ3) is 3.17. The minimum Gasteiger partial charge on any atom is -0.456 e. The number of nitrogen functional groups attached to an aromatic ring is 1. The minimum absolute atomic E-state index is 0.00340. The minimum atomic E-state index is -0.0862. The fourth-order valence-corrected chi connectivity index (χ4v) is 3.23. The number of methoxy groups -OCH3 is 1. The molecule has 2 N–H and O–H groups in total. The van der Waals surface area contributed by atoms with Gasteiger partial charge in [0.1, 0.15) is 11.6 Å². The van der Waals surface area contributed by atoms with Gasteiger partial charge in [-0.25, -0.2) is 0 Å². The summed E-state index contributed by atoms with van der Waals surface area (Å²) in [5.74, 6) is 1.64. The number of carbonyl (C=O) groups is 1. The van der Waals surface area contributed by atoms with E-state index in [1.165, 1.54) is 0 Å². The number of aromatic nitrogens is 2. The molecule has 2 atom stereocenters. The monoisotopic (exact) mass is 332 g/mol. The summed E-state index contributed by atoms with van der Waals surface area (Å²) in [6, 6.07) is 3.68. The largest absolute Gasteiger partial charge is 0.456 e. The van der Waals surface area contributed by atoms with Gasteiger partial charge in [-0.3, -0.25) is 9.48 Å². The van der Waals surface area contributed by atoms with E-state index in [9.17, 15) is 4.79 Å². The van der Waals surface area contributed by atoms with Crippen LogP contribution >= 0.6 is 0 Å². The van der Waals surface area contributed by atoms with Crippen LogP contribution in [0.25, 0.3) is 0 Å². The Morgan fingerprint density at radius 1 is 1.54 bits per heavy atom. The summed E-state index contributed by atoms with van der Waals surface area (Å²) in [4.78, 5) is 14.8. The molecule has 0 bridgehead atoms. The SMILES string of the molecule is CCc1cc(C)c(C(=O)N2C[C@@H](OC)C[C@H]2Cn2ccc(N)n2)o1. The maximum Gasteiger partial charge on any atom is 0.290 e. The fraction of sp³-hybridized carbons (Fsp3) is 0.529. The Balaban J connectivity index is 1.82. The number of ether oxygens (including phenoxy) is 1. The molecule has 1 aliphatic rings. The molecule has 2 aromatic rings. The average molecular weight is 332 g/mol. The van der Waals surface area contributed by atoms with Crippen molar-refractivity contribution in [3.05, 3.63) is 35.4 Å². The normalized spacial score (nSPS) is 20.7. The van der Waals surface area contributed by atoms with Crippen molar-refractivity contribution >= 4 is 11.7 Å². The number of anilines is 1. The first-order chi connectivity index (χ1) is 11.5. The number of amides is 1. The first-order valence-electron chi connectivity index (χ1n) is 8.23. The Kier molecular flexibility index (Phi) is 4.62. The summed E-state index contributed by atoms with van der Waals surface area (Å²) in [5, 5.41) is 4.22. The second kappa shape index (κ2) is 6.68. The summed E-state index contributed by atoms with van der Waals surface area (Å²) in [7, 11) is 1.68. The van der Waals surface area contributed by atoms with Gasteiger partial charge < -0.3 is 19.8 Å². The van der Waals surface area contributed by atoms with Crippen LogP contribution in [0.1, 0.15) is 35.2 Å². The number of hydrogen-bond donors (Lipinski definition) is 1. The van der Waals surface area contributed by atoms with Crippen molar-refractivity contribution in [2.24, 2.45) is 0 Å². The predicted octanol–water partition coefficient (Wildman–Crippen LogP) is 1.86. The number of rotatable bonds is 5. The Morgan fingerprint density at radius 2 is 2.33 bits per heavy atom. The lowest BCUT2D eigenvalue weighted by Gasteiger charge is -2.23. The molecule has 0 aliphatic carbocycles. The lowest BCUT2D eigenvalue weighted by atomic mass is 10.2. The van der Waals surface area contributed by atoms with Gasteiger partial charge in [0.15, 0.2) is 5.76 Å². The van der Waals surface area contributed by atoms with Gasteiger partial charge >= 0.3 is 0 Å². The molecule has 1 amide bonds. The van der Waals surface area contributed by atoms with Crippen LogP contribution in [-0.4, -0.2) is 46.4 Å². The van der Waals surface area contributed by atoms with Gasteiger partial charge in [0, 0.05) is 31.8 Å². The highest BCUT2D eigenvalue weighted by Crippen LogP contribution is 2.26. The molecular weight excluding hydrogens is 308 g/mol. The third-order valence-electron chi connectivity index (χ3n) is 4.54. The van der Waals surface area contributed by atoms with E-state index in [1.807, 2.05) is 31.0 Å². The van der Waals surface area contributed by atoms with Crippen LogP contribution in [0, 0.1) is 6.92 Å². The second-order valence-electron chi connectivity index (χ2n) is 6.25. The first kappa shape index (κ1) is 16.6. The molecule has 7 nitrogen and oxygen atoms in total. The maximum atomic E-state index is 13.0. The standard InChI is InChI=1S/C17H24N4O3/c1-4-13-7-11(2)16(24-13)17(22)21-10-14(23-3)8-12(21)9-20-6-5-15(18)19-20/h5-7,12,14H,4,8-10H2,1-3H3,(H2,18,19)/t12-,14-/m0/s1. The van der Waals surface area contributed by atoms with E-state index in [0.29, 0.717) is 24.7 Å². The molecule has 0 unspecified atom stereocenters. The summed E-state index contributed by atoms with van der Waals surface area (Å²) >= 11 is 0. The van der Waals surface area contributed by atoms with Crippen LogP contribution in [0.5, 0.6) is 0 Å². The first-order valence-corrected chi connectivity index (χ1v) is 8.23. The zero-order chi connectivity index (χ0) is 17.3. The van der Waals surface area contributed by atoms with E-state index < -0.39 is 0 Å². The van der Waals surface area contributed by atoms with Gasteiger partial charge in [-0.15, -0.1) is 0 Å². The van der Waals surface area contributed by atoms with Crippen LogP contribution in [0.3, 0.4) is 0 Å². The number of nitrogens with zero attached hydrogens (tertiary/aromatic N) is 3. The van der Waals surface area contributed by atoms with Gasteiger partial charge in [0.2, 0.25) is 0 Å². The Hall–Kier alpha value is -2.28. The molecule has 3 rings (SSSR count). The molecule has 1 fully saturated rings. The Morgan fingerprint density at radius 3 is 2.92 bits per heavy atom. The maximum absolute atomic E-state index is 13.0. The highest BCUT2D eigenvalue weighted by atomic mass is 16.5. The van der Waals surface area contributed by atoms with Gasteiger partial charge in [0.05, 0.1) is 18.7 Å². The van der Waals surface area contributed by atoms with Gasteiger partial charge in [0.25, 0.3) is 5.91 Å². The zero-order valence-electron chi connectivity index (χ0n) is 14.4. The number of likely N-dealkylation sites (tertiary alicyclic amines) is 1. The van der Waals surface area contributed by atoms with Crippen molar-refractivity contribution in [1.29, 1.82) is 0 Å². The van der Waals surface area contributed by atoms with E-state index in [1.54, 1.807) is 17.9 Å². The topological polar surface area (TPSA) is 86.5 Å². The Labute approximate surface area is 141 Å². The van der Waals surface area contributed by atoms with Crippen LogP contribution in [0.4, 0.5) is 5.82 Å². The van der Waals surface area contributed by atoms with Crippen molar-refractivity contribution in [2.45, 2.75) is 45.4 Å². The summed E-state index contributed by atoms with van der Waals surface area (Å²) in [5.41, 5.74) is 6.55. The van der Waals surface area contributed by atoms with E-state index >= 15 is 0 Å². The molecular formula is C17H24N4O3. The summed E-state index contributed by atoms with van der Waals surface area (Å²) < 4.78 is 13.0. The lowest BCUT2D eigenvalue weighted by molar-refractivity contribution is 0.0646. The number of carbonyl (C=O) groups excluding carboxylic acids is 1. The molecule has 1 aliphatic heterocycles. The molecule has 130 valence electrons. The molecule has 3 heterocycles. The van der Waals surface area contributed by atoms with Gasteiger partial charge in [-0.2, -0.15) is 5.10 Å². The molecule has 24 heavy (non-hydrogen) atoms. The highest BCUT2D eigenvalue weighted by Gasteiger charge is 2.37. The molecule has 0 saturated carbocycles. The number of nitrogens with two attached hydrogens (primary N) is 1. The molecule has 7 heteroatoms. The number of aryl methyl sites for hydroxylation is 2. The van der Waals surface area contributed by atoms with E-state index in [-0.39, 0.29) is 18.1 Å².